The van der Waals surface area contributed by atoms with Crippen LogP contribution >= 0.6 is 0 Å². The number of aromatic nitrogens is 1. The fourth-order valence-electron chi connectivity index (χ4n) is 3.49. The zero-order valence-electron chi connectivity index (χ0n) is 15.8. The van der Waals surface area contributed by atoms with Gasteiger partial charge in [-0.05, 0) is 55.5 Å². The molecule has 0 saturated carbocycles. The highest BCUT2D eigenvalue weighted by Gasteiger charge is 2.31. The summed E-state index contributed by atoms with van der Waals surface area (Å²) in [5.74, 6) is -0.491. The molecule has 3 aromatic carbocycles. The molecule has 156 valence electrons. The van der Waals surface area contributed by atoms with Crippen LogP contribution in [0.3, 0.4) is 0 Å². The number of fused-ring (bicyclic) bond motifs is 3. The predicted molar refractivity (Wildman–Crippen MR) is 109 cm³/mol. The van der Waals surface area contributed by atoms with Crippen LogP contribution < -0.4 is 9.46 Å². The van der Waals surface area contributed by atoms with Crippen LogP contribution in [0, 0.1) is 0 Å². The molecule has 0 aliphatic rings. The lowest BCUT2D eigenvalue weighted by molar-refractivity contribution is -0.274. The Bertz CT molecular complexity index is 1330. The summed E-state index contributed by atoms with van der Waals surface area (Å²) in [4.78, 5) is -0.173. The highest BCUT2D eigenvalue weighted by molar-refractivity contribution is 7.92. The maximum atomic E-state index is 12.7. The summed E-state index contributed by atoms with van der Waals surface area (Å²) in [7, 11) is -3.99. The Morgan fingerprint density at radius 1 is 0.933 bits per heavy atom. The van der Waals surface area contributed by atoms with Crippen LogP contribution in [-0.4, -0.2) is 19.3 Å². The minimum Gasteiger partial charge on any atom is -0.406 e. The third-order valence-electron chi connectivity index (χ3n) is 4.71. The van der Waals surface area contributed by atoms with Crippen LogP contribution in [0.4, 0.5) is 18.9 Å². The van der Waals surface area contributed by atoms with E-state index < -0.39 is 22.1 Å². The largest absolute Gasteiger partial charge is 0.573 e. The van der Waals surface area contributed by atoms with Crippen LogP contribution in [0.25, 0.3) is 21.8 Å². The quantitative estimate of drug-likeness (QED) is 0.450. The molecule has 1 heterocycles. The van der Waals surface area contributed by atoms with E-state index in [2.05, 4.69) is 14.0 Å². The van der Waals surface area contributed by atoms with Crippen molar-refractivity contribution in [3.8, 4) is 5.75 Å². The van der Waals surface area contributed by atoms with Gasteiger partial charge in [-0.2, -0.15) is 0 Å². The number of anilines is 1. The summed E-state index contributed by atoms with van der Waals surface area (Å²) in [5, 5.41) is 1.91. The smallest absolute Gasteiger partial charge is 0.406 e. The number of hydrogen-bond donors (Lipinski definition) is 1. The van der Waals surface area contributed by atoms with E-state index in [1.165, 1.54) is 0 Å². The number of alkyl halides is 3. The van der Waals surface area contributed by atoms with Crippen molar-refractivity contribution in [2.24, 2.45) is 0 Å². The Labute approximate surface area is 170 Å². The number of sulfonamides is 1. The minimum atomic E-state index is -4.84. The molecule has 9 heteroatoms. The van der Waals surface area contributed by atoms with Gasteiger partial charge in [0.1, 0.15) is 5.75 Å². The first-order valence-corrected chi connectivity index (χ1v) is 10.6. The summed E-state index contributed by atoms with van der Waals surface area (Å²) >= 11 is 0. The number of hydrogen-bond acceptors (Lipinski definition) is 3. The molecule has 0 spiro atoms. The van der Waals surface area contributed by atoms with Gasteiger partial charge in [0.15, 0.2) is 0 Å². The zero-order valence-corrected chi connectivity index (χ0v) is 16.6. The normalized spacial score (nSPS) is 12.4. The third kappa shape index (κ3) is 3.80. The number of para-hydroxylation sites is 1. The second-order valence-electron chi connectivity index (χ2n) is 6.62. The molecule has 0 saturated heterocycles. The van der Waals surface area contributed by atoms with E-state index >= 15 is 0 Å². The minimum absolute atomic E-state index is 0.173. The SMILES string of the molecule is CCn1c2ccccc2c2cc(NS(=O)(=O)c3ccc(OC(F)(F)F)cc3)ccc21. The molecule has 0 amide bonds. The molecular weight excluding hydrogens is 417 g/mol. The van der Waals surface area contributed by atoms with E-state index in [1.54, 1.807) is 12.1 Å². The van der Waals surface area contributed by atoms with E-state index in [1.807, 2.05) is 37.3 Å². The maximum Gasteiger partial charge on any atom is 0.573 e. The van der Waals surface area contributed by atoms with E-state index in [9.17, 15) is 21.6 Å². The average molecular weight is 434 g/mol. The third-order valence-corrected chi connectivity index (χ3v) is 6.11. The number of nitrogens with one attached hydrogen (secondary N) is 1. The lowest BCUT2D eigenvalue weighted by atomic mass is 10.1. The Hall–Kier alpha value is -3.20. The lowest BCUT2D eigenvalue weighted by Gasteiger charge is -2.11. The van der Waals surface area contributed by atoms with Gasteiger partial charge in [0.25, 0.3) is 10.0 Å². The Morgan fingerprint density at radius 3 is 2.27 bits per heavy atom. The summed E-state index contributed by atoms with van der Waals surface area (Å²) < 4.78 is 70.6. The number of aryl methyl sites for hydroxylation is 1. The Kier molecular flexibility index (Phi) is 4.85. The molecular formula is C21H17F3N2O3S. The highest BCUT2D eigenvalue weighted by Crippen LogP contribution is 2.32. The van der Waals surface area contributed by atoms with Crippen molar-refractivity contribution in [1.29, 1.82) is 0 Å². The lowest BCUT2D eigenvalue weighted by Crippen LogP contribution is -2.17. The summed E-state index contributed by atoms with van der Waals surface area (Å²) in [5.41, 5.74) is 2.39. The molecule has 0 aliphatic heterocycles. The van der Waals surface area contributed by atoms with E-state index in [0.717, 1.165) is 52.6 Å². The molecule has 4 rings (SSSR count). The fraction of sp³-hybridized carbons (Fsp3) is 0.143. The number of halogens is 3. The first kappa shape index (κ1) is 20.1. The van der Waals surface area contributed by atoms with Crippen molar-refractivity contribution in [3.05, 3.63) is 66.7 Å². The van der Waals surface area contributed by atoms with Gasteiger partial charge in [-0.25, -0.2) is 8.42 Å². The maximum absolute atomic E-state index is 12.7. The molecule has 0 bridgehead atoms. The highest BCUT2D eigenvalue weighted by atomic mass is 32.2. The molecule has 0 atom stereocenters. The van der Waals surface area contributed by atoms with Gasteiger partial charge in [0.05, 0.1) is 4.90 Å². The zero-order chi connectivity index (χ0) is 21.5. The van der Waals surface area contributed by atoms with Crippen molar-refractivity contribution in [3.63, 3.8) is 0 Å². The van der Waals surface area contributed by atoms with Gasteiger partial charge in [0.2, 0.25) is 0 Å². The van der Waals surface area contributed by atoms with Gasteiger partial charge in [-0.3, -0.25) is 4.72 Å². The Balaban J connectivity index is 1.67. The van der Waals surface area contributed by atoms with Crippen LogP contribution in [-0.2, 0) is 16.6 Å². The molecule has 30 heavy (non-hydrogen) atoms. The number of ether oxygens (including phenoxy) is 1. The summed E-state index contributed by atoms with van der Waals surface area (Å²) in [6.45, 7) is 2.80. The molecule has 0 unspecified atom stereocenters. The number of benzene rings is 3. The van der Waals surface area contributed by atoms with Crippen molar-refractivity contribution < 1.29 is 26.3 Å². The van der Waals surface area contributed by atoms with Gasteiger partial charge in [-0.15, -0.1) is 13.2 Å². The summed E-state index contributed by atoms with van der Waals surface area (Å²) in [6, 6.07) is 17.1. The van der Waals surface area contributed by atoms with Gasteiger partial charge in [0, 0.05) is 34.0 Å². The van der Waals surface area contributed by atoms with E-state index in [4.69, 9.17) is 0 Å². The fourth-order valence-corrected chi connectivity index (χ4v) is 4.54. The van der Waals surface area contributed by atoms with Crippen LogP contribution in [0.15, 0.2) is 71.6 Å². The monoisotopic (exact) mass is 434 g/mol. The molecule has 1 aromatic heterocycles. The van der Waals surface area contributed by atoms with Crippen LogP contribution in [0.5, 0.6) is 5.75 Å². The second-order valence-corrected chi connectivity index (χ2v) is 8.30. The average Bonchev–Trinajstić information content (AvgIpc) is 3.00. The van der Waals surface area contributed by atoms with Gasteiger partial charge in [-0.1, -0.05) is 18.2 Å². The first-order valence-electron chi connectivity index (χ1n) is 9.07. The molecule has 1 N–H and O–H groups in total. The van der Waals surface area contributed by atoms with E-state index in [-0.39, 0.29) is 4.90 Å². The molecule has 0 radical (unpaired) electrons. The number of rotatable bonds is 5. The van der Waals surface area contributed by atoms with Crippen molar-refractivity contribution >= 4 is 37.5 Å². The van der Waals surface area contributed by atoms with E-state index in [0.29, 0.717) is 5.69 Å². The van der Waals surface area contributed by atoms with Crippen molar-refractivity contribution in [1.82, 2.24) is 4.57 Å². The van der Waals surface area contributed by atoms with Gasteiger partial charge >= 0.3 is 6.36 Å². The molecule has 4 aromatic rings. The Morgan fingerprint density at radius 2 is 1.60 bits per heavy atom. The summed E-state index contributed by atoms with van der Waals surface area (Å²) in [6.07, 6.45) is -4.84. The molecule has 0 fully saturated rings. The standard InChI is InChI=1S/C21H17F3N2O3S/c1-2-26-19-6-4-3-5-17(19)18-13-14(7-12-20(18)26)25-30(27,28)16-10-8-15(9-11-16)29-21(22,23)24/h3-13,25H,2H2,1H3. The van der Waals surface area contributed by atoms with Crippen molar-refractivity contribution in [2.75, 3.05) is 4.72 Å². The molecule has 5 nitrogen and oxygen atoms in total. The second kappa shape index (κ2) is 7.24. The topological polar surface area (TPSA) is 60.3 Å². The van der Waals surface area contributed by atoms with Crippen LogP contribution in [0.1, 0.15) is 6.92 Å². The van der Waals surface area contributed by atoms with Gasteiger partial charge < -0.3 is 9.30 Å². The van der Waals surface area contributed by atoms with Crippen LogP contribution in [0.2, 0.25) is 0 Å². The first-order chi connectivity index (χ1) is 14.2. The molecule has 0 aliphatic carbocycles. The number of nitrogens with zero attached hydrogens (tertiary/aromatic N) is 1. The predicted octanol–water partition coefficient (Wildman–Crippen LogP) is 5.51. The van der Waals surface area contributed by atoms with Crippen molar-refractivity contribution in [2.45, 2.75) is 24.7 Å².